The van der Waals surface area contributed by atoms with Gasteiger partial charge in [-0.25, -0.2) is 10.2 Å². The molecule has 25 heavy (non-hydrogen) atoms. The van der Waals surface area contributed by atoms with E-state index in [2.05, 4.69) is 15.9 Å². The molecule has 1 saturated heterocycles. The van der Waals surface area contributed by atoms with Gasteiger partial charge in [-0.1, -0.05) is 40.2 Å². The van der Waals surface area contributed by atoms with Gasteiger partial charge in [0.1, 0.15) is 0 Å². The fraction of sp³-hybridized carbons (Fsp3) is 0.235. The molecule has 0 spiro atoms. The van der Waals surface area contributed by atoms with Crippen LogP contribution in [-0.4, -0.2) is 35.5 Å². The number of benzene rings is 2. The van der Waals surface area contributed by atoms with Crippen molar-refractivity contribution < 1.29 is 19.1 Å². The fourth-order valence-corrected chi connectivity index (χ4v) is 5.27. The molecule has 1 fully saturated rings. The van der Waals surface area contributed by atoms with Gasteiger partial charge in [0, 0.05) is 11.0 Å². The Labute approximate surface area is 154 Å². The zero-order valence-electron chi connectivity index (χ0n) is 13.4. The lowest BCUT2D eigenvalue weighted by molar-refractivity contribution is -0.129. The molecular formula is C17H18BrN2O4P. The highest BCUT2D eigenvalue weighted by molar-refractivity contribution is 9.10. The third-order valence-electron chi connectivity index (χ3n) is 4.02. The summed E-state index contributed by atoms with van der Waals surface area (Å²) in [6.07, 6.45) is 0.680. The summed E-state index contributed by atoms with van der Waals surface area (Å²) < 4.78 is 21.4. The van der Waals surface area contributed by atoms with Crippen molar-refractivity contribution in [1.82, 2.24) is 10.2 Å². The minimum Gasteiger partial charge on any atom is -0.314 e. The van der Waals surface area contributed by atoms with E-state index < -0.39 is 13.4 Å². The molecule has 2 aromatic carbocycles. The second-order valence-electron chi connectivity index (χ2n) is 5.68. The number of halogens is 1. The van der Waals surface area contributed by atoms with E-state index in [4.69, 9.17) is 9.73 Å². The molecule has 0 aliphatic carbocycles. The number of hydrogen-bond acceptors (Lipinski definition) is 4. The van der Waals surface area contributed by atoms with Crippen LogP contribution in [0.1, 0.15) is 6.42 Å². The molecule has 6 nitrogen and oxygen atoms in total. The molecule has 2 N–H and O–H groups in total. The summed E-state index contributed by atoms with van der Waals surface area (Å²) in [5, 5.41) is 9.27. The highest BCUT2D eigenvalue weighted by Crippen LogP contribution is 2.52. The van der Waals surface area contributed by atoms with E-state index in [0.717, 1.165) is 15.6 Å². The number of carbonyl (C=O) groups is 1. The first kappa shape index (κ1) is 18.3. The van der Waals surface area contributed by atoms with Crippen molar-refractivity contribution in [2.45, 2.75) is 6.42 Å². The van der Waals surface area contributed by atoms with Gasteiger partial charge in [0.05, 0.1) is 18.5 Å². The molecule has 1 heterocycles. The third kappa shape index (κ3) is 4.02. The highest BCUT2D eigenvalue weighted by atomic mass is 79.9. The second-order valence-corrected chi connectivity index (χ2v) is 8.98. The summed E-state index contributed by atoms with van der Waals surface area (Å²) >= 11 is 3.41. The van der Waals surface area contributed by atoms with E-state index in [1.165, 1.54) is 4.67 Å². The molecule has 1 unspecified atom stereocenters. The molecule has 132 valence electrons. The maximum Gasteiger partial charge on any atom is 0.302 e. The Bertz CT molecular complexity index is 795. The maximum atomic E-state index is 13.3. The fourth-order valence-electron chi connectivity index (χ4n) is 2.74. The van der Waals surface area contributed by atoms with Crippen molar-refractivity contribution in [3.05, 3.63) is 53.0 Å². The van der Waals surface area contributed by atoms with Crippen molar-refractivity contribution in [1.29, 1.82) is 0 Å². The van der Waals surface area contributed by atoms with Crippen LogP contribution < -0.4 is 10.8 Å². The number of hydroxylamine groups is 1. The van der Waals surface area contributed by atoms with Crippen molar-refractivity contribution in [2.75, 3.05) is 19.7 Å². The standard InChI is InChI=1S/C17H18BrN2O4P/c18-15-6-2-13(3-7-15)14-4-8-16(9-5-14)25(23)20(10-1-11-24-25)12-17(21)19-22/h2-9,22H,1,10-12H2,(H,19,21). The summed E-state index contributed by atoms with van der Waals surface area (Å²) in [6, 6.07) is 15.2. The summed E-state index contributed by atoms with van der Waals surface area (Å²) in [5.41, 5.74) is 3.63. The quantitative estimate of drug-likeness (QED) is 0.447. The van der Waals surface area contributed by atoms with Crippen LogP contribution >= 0.6 is 23.4 Å². The monoisotopic (exact) mass is 424 g/mol. The van der Waals surface area contributed by atoms with E-state index in [9.17, 15) is 9.36 Å². The van der Waals surface area contributed by atoms with E-state index in [1.54, 1.807) is 17.6 Å². The Morgan fingerprint density at radius 1 is 1.16 bits per heavy atom. The topological polar surface area (TPSA) is 78.9 Å². The number of rotatable bonds is 4. The molecule has 1 aliphatic heterocycles. The van der Waals surface area contributed by atoms with Crippen molar-refractivity contribution in [3.63, 3.8) is 0 Å². The smallest absolute Gasteiger partial charge is 0.302 e. The van der Waals surface area contributed by atoms with Gasteiger partial charge in [-0.05, 0) is 41.8 Å². The lowest BCUT2D eigenvalue weighted by Crippen LogP contribution is -2.40. The van der Waals surface area contributed by atoms with Gasteiger partial charge < -0.3 is 4.52 Å². The van der Waals surface area contributed by atoms with E-state index in [1.807, 2.05) is 36.4 Å². The van der Waals surface area contributed by atoms with Gasteiger partial charge in [0.25, 0.3) is 5.91 Å². The summed E-state index contributed by atoms with van der Waals surface area (Å²) in [5.74, 6) is -0.614. The predicted octanol–water partition coefficient (Wildman–Crippen LogP) is 3.16. The molecule has 3 rings (SSSR count). The van der Waals surface area contributed by atoms with Crippen molar-refractivity contribution >= 4 is 34.7 Å². The van der Waals surface area contributed by atoms with Crippen LogP contribution in [0.4, 0.5) is 0 Å². The summed E-state index contributed by atoms with van der Waals surface area (Å²) in [6.45, 7) is 0.671. The van der Waals surface area contributed by atoms with Crippen LogP contribution in [0.25, 0.3) is 11.1 Å². The zero-order valence-corrected chi connectivity index (χ0v) is 15.9. The zero-order chi connectivity index (χ0) is 17.9. The molecule has 0 bridgehead atoms. The average Bonchev–Trinajstić information content (AvgIpc) is 2.64. The SMILES string of the molecule is O=C(CN1CCCOP1(=O)c1ccc(-c2ccc(Br)cc2)cc1)NO. The lowest BCUT2D eigenvalue weighted by Gasteiger charge is -2.34. The molecular weight excluding hydrogens is 407 g/mol. The predicted molar refractivity (Wildman–Crippen MR) is 98.9 cm³/mol. The molecule has 0 radical (unpaired) electrons. The van der Waals surface area contributed by atoms with E-state index >= 15 is 0 Å². The largest absolute Gasteiger partial charge is 0.314 e. The number of carbonyl (C=O) groups excluding carboxylic acids is 1. The minimum absolute atomic E-state index is 0.178. The molecule has 1 amide bonds. The van der Waals surface area contributed by atoms with Gasteiger partial charge in [-0.3, -0.25) is 14.6 Å². The Hall–Kier alpha value is -1.50. The van der Waals surface area contributed by atoms with Crippen LogP contribution in [-0.2, 0) is 13.9 Å². The Balaban J connectivity index is 1.87. The van der Waals surface area contributed by atoms with Crippen molar-refractivity contribution in [3.8, 4) is 11.1 Å². The third-order valence-corrected chi connectivity index (χ3v) is 7.12. The molecule has 1 aliphatic rings. The first-order chi connectivity index (χ1) is 12.0. The normalized spacial score (nSPS) is 21.0. The molecule has 0 saturated carbocycles. The number of hydrogen-bond donors (Lipinski definition) is 2. The van der Waals surface area contributed by atoms with Gasteiger partial charge in [0.15, 0.2) is 0 Å². The maximum absolute atomic E-state index is 13.3. The van der Waals surface area contributed by atoms with Gasteiger partial charge in [0.2, 0.25) is 0 Å². The second kappa shape index (κ2) is 7.81. The van der Waals surface area contributed by atoms with E-state index in [0.29, 0.717) is 24.9 Å². The Morgan fingerprint density at radius 2 is 1.76 bits per heavy atom. The van der Waals surface area contributed by atoms with E-state index in [-0.39, 0.29) is 6.54 Å². The minimum atomic E-state index is -3.31. The highest BCUT2D eigenvalue weighted by Gasteiger charge is 2.37. The van der Waals surface area contributed by atoms with Crippen LogP contribution in [0, 0.1) is 0 Å². The first-order valence-electron chi connectivity index (χ1n) is 7.82. The van der Waals surface area contributed by atoms with Crippen LogP contribution in [0.3, 0.4) is 0 Å². The molecule has 1 atom stereocenters. The van der Waals surface area contributed by atoms with Crippen molar-refractivity contribution in [2.24, 2.45) is 0 Å². The Kier molecular flexibility index (Phi) is 5.71. The average molecular weight is 425 g/mol. The Morgan fingerprint density at radius 3 is 2.36 bits per heavy atom. The summed E-state index contributed by atoms with van der Waals surface area (Å²) in [7, 11) is -3.31. The molecule has 0 aromatic heterocycles. The number of amides is 1. The van der Waals surface area contributed by atoms with Crippen LogP contribution in [0.15, 0.2) is 53.0 Å². The number of nitrogens with zero attached hydrogens (tertiary/aromatic N) is 1. The van der Waals surface area contributed by atoms with Crippen LogP contribution in [0.2, 0.25) is 0 Å². The molecule has 8 heteroatoms. The van der Waals surface area contributed by atoms with Gasteiger partial charge in [-0.15, -0.1) is 0 Å². The lowest BCUT2D eigenvalue weighted by atomic mass is 10.1. The number of nitrogens with one attached hydrogen (secondary N) is 1. The first-order valence-corrected chi connectivity index (χ1v) is 10.2. The van der Waals surface area contributed by atoms with Gasteiger partial charge >= 0.3 is 7.52 Å². The van der Waals surface area contributed by atoms with Crippen LogP contribution in [0.5, 0.6) is 0 Å². The summed E-state index contributed by atoms with van der Waals surface area (Å²) in [4.78, 5) is 11.5. The molecule has 2 aromatic rings. The van der Waals surface area contributed by atoms with Gasteiger partial charge in [-0.2, -0.15) is 0 Å².